The fourth-order valence-electron chi connectivity index (χ4n) is 8.12. The van der Waals surface area contributed by atoms with E-state index in [1.165, 1.54) is 20.3 Å². The minimum atomic E-state index is -5.74. The quantitative estimate of drug-likeness (QED) is 0.127. The van der Waals surface area contributed by atoms with E-state index >= 15 is 0 Å². The summed E-state index contributed by atoms with van der Waals surface area (Å²) in [6.07, 6.45) is 2.16. The minimum absolute atomic E-state index is 0.0529. The highest BCUT2D eigenvalue weighted by atomic mass is 19.4. The van der Waals surface area contributed by atoms with Crippen LogP contribution in [0.5, 0.6) is 0 Å². The number of hydrogen-bond acceptors (Lipinski definition) is 11. The molecule has 6 aliphatic rings. The smallest absolute Gasteiger partial charge is 0.449 e. The van der Waals surface area contributed by atoms with E-state index in [1.807, 2.05) is 41.5 Å². The summed E-state index contributed by atoms with van der Waals surface area (Å²) in [5, 5.41) is 20.0. The van der Waals surface area contributed by atoms with Crippen LogP contribution in [0.1, 0.15) is 140 Å². The first-order valence-corrected chi connectivity index (χ1v) is 19.7. The Morgan fingerprint density at radius 3 is 1.79 bits per heavy atom. The number of ether oxygens (including phenoxy) is 5. The number of halogens is 5. The third-order valence-electron chi connectivity index (χ3n) is 13.0. The molecule has 2 N–H and O–H groups in total. The molecule has 6 rings (SSSR count). The van der Waals surface area contributed by atoms with Crippen LogP contribution in [-0.2, 0) is 42.9 Å². The van der Waals surface area contributed by atoms with Gasteiger partial charge in [-0.05, 0) is 118 Å². The van der Waals surface area contributed by atoms with E-state index in [2.05, 4.69) is 14.2 Å². The summed E-state index contributed by atoms with van der Waals surface area (Å²) < 4.78 is 90.2. The molecule has 0 radical (unpaired) electrons. The lowest BCUT2D eigenvalue weighted by Gasteiger charge is -2.64. The van der Waals surface area contributed by atoms with E-state index in [0.29, 0.717) is 31.8 Å². The number of cyclic esters (lactones) is 1. The van der Waals surface area contributed by atoms with Crippen LogP contribution in [0.15, 0.2) is 0 Å². The van der Waals surface area contributed by atoms with E-state index in [4.69, 9.17) is 9.47 Å². The fraction of sp³-hybridized carbons (Fsp3) is 0.900. The molecular weight excluding hydrogens is 751 g/mol. The second-order valence-corrected chi connectivity index (χ2v) is 18.7. The Hall–Kier alpha value is -2.59. The van der Waals surface area contributed by atoms with Gasteiger partial charge in [0.05, 0.1) is 35.6 Å². The number of aliphatic hydroxyl groups is 2. The van der Waals surface area contributed by atoms with Gasteiger partial charge in [0.15, 0.2) is 0 Å². The van der Waals surface area contributed by atoms with Crippen LogP contribution in [0.25, 0.3) is 0 Å². The normalized spacial score (nSPS) is 34.0. The number of rotatable bonds is 10. The van der Waals surface area contributed by atoms with Crippen molar-refractivity contribution in [3.05, 3.63) is 0 Å². The summed E-state index contributed by atoms with van der Waals surface area (Å²) in [6, 6.07) is 0. The van der Waals surface area contributed by atoms with Crippen molar-refractivity contribution in [3.63, 3.8) is 0 Å². The van der Waals surface area contributed by atoms with Crippen LogP contribution in [-0.4, -0.2) is 88.1 Å². The molecular formula is C40H63F5O11. The SMILES string of the molecule is CCC(C)(C)C(=O)OC1(C)COC(O)(C(F)(F)F)C1(F)F.CCC(C)(C)C(=O)OC12CC3CC(C1)CC(C(C)(C)O)(C3)C2.CCC(C)C(=O)OC1CCOC1=O. The molecule has 0 amide bonds. The average Bonchev–Trinajstić information content (AvgIpc) is 3.56. The van der Waals surface area contributed by atoms with E-state index in [0.717, 1.165) is 44.9 Å². The summed E-state index contributed by atoms with van der Waals surface area (Å²) in [7, 11) is 0. The predicted octanol–water partition coefficient (Wildman–Crippen LogP) is 7.61. The third-order valence-corrected chi connectivity index (χ3v) is 13.0. The van der Waals surface area contributed by atoms with Gasteiger partial charge in [-0.15, -0.1) is 0 Å². The lowest BCUT2D eigenvalue weighted by molar-refractivity contribution is -0.409. The standard InChI is InChI=1S/C19H32O3.C12H17F5O4.C9H14O4/c1-6-16(2,3)15(20)22-19-10-13-7-14(11-19)9-18(8-13,12-19)17(4,5)21;1-5-8(2,3)7(18)21-9(4)6-20-11(19,10(9,13)14)12(15,16)17;1-3-6(2)8(10)13-7-4-5-12-9(7)11/h13-14,21H,6-12H2,1-5H3;19H,5-6H2,1-4H3;6-7H,3-5H2,1-2H3. The van der Waals surface area contributed by atoms with Crippen LogP contribution in [0.3, 0.4) is 0 Å². The van der Waals surface area contributed by atoms with E-state index in [1.54, 1.807) is 13.8 Å². The molecule has 0 aromatic heterocycles. The van der Waals surface area contributed by atoms with Crippen molar-refractivity contribution in [1.29, 1.82) is 0 Å². The molecule has 2 aliphatic heterocycles. The Morgan fingerprint density at radius 1 is 0.893 bits per heavy atom. The first-order chi connectivity index (χ1) is 25.3. The Labute approximate surface area is 327 Å². The molecule has 6 atom stereocenters. The van der Waals surface area contributed by atoms with Crippen molar-refractivity contribution >= 4 is 23.9 Å². The number of carbonyl (C=O) groups excluding carboxylic acids is 4. The maximum atomic E-state index is 14.0. The zero-order valence-corrected chi connectivity index (χ0v) is 34.8. The highest BCUT2D eigenvalue weighted by molar-refractivity contribution is 5.81. The van der Waals surface area contributed by atoms with Crippen molar-refractivity contribution in [2.75, 3.05) is 13.2 Å². The van der Waals surface area contributed by atoms with E-state index in [9.17, 15) is 51.3 Å². The molecule has 324 valence electrons. The summed E-state index contributed by atoms with van der Waals surface area (Å²) in [4.78, 5) is 46.6. The Morgan fingerprint density at radius 2 is 1.39 bits per heavy atom. The van der Waals surface area contributed by atoms with Gasteiger partial charge in [0.25, 0.3) is 0 Å². The van der Waals surface area contributed by atoms with Gasteiger partial charge in [0.2, 0.25) is 11.7 Å². The Balaban J connectivity index is 0.000000233. The second kappa shape index (κ2) is 16.2. The molecule has 4 bridgehead atoms. The molecule has 0 aromatic rings. The first kappa shape index (κ1) is 47.8. The monoisotopic (exact) mass is 814 g/mol. The minimum Gasteiger partial charge on any atom is -0.463 e. The largest absolute Gasteiger partial charge is 0.463 e. The van der Waals surface area contributed by atoms with Gasteiger partial charge in [-0.25, -0.2) is 4.79 Å². The highest BCUT2D eigenvalue weighted by Crippen LogP contribution is 2.66. The van der Waals surface area contributed by atoms with Gasteiger partial charge in [-0.1, -0.05) is 27.7 Å². The number of esters is 4. The molecule has 56 heavy (non-hydrogen) atoms. The van der Waals surface area contributed by atoms with Gasteiger partial charge in [-0.3, -0.25) is 14.4 Å². The molecule has 6 fully saturated rings. The number of hydrogen-bond donors (Lipinski definition) is 2. The predicted molar refractivity (Wildman–Crippen MR) is 192 cm³/mol. The maximum Gasteiger partial charge on any atom is 0.449 e. The summed E-state index contributed by atoms with van der Waals surface area (Å²) >= 11 is 0. The van der Waals surface area contributed by atoms with Crippen LogP contribution in [0.2, 0.25) is 0 Å². The topological polar surface area (TPSA) is 155 Å². The summed E-state index contributed by atoms with van der Waals surface area (Å²) in [6.45, 7) is 17.7. The van der Waals surface area contributed by atoms with Crippen LogP contribution in [0.4, 0.5) is 22.0 Å². The van der Waals surface area contributed by atoms with Gasteiger partial charge in [0, 0.05) is 11.8 Å². The van der Waals surface area contributed by atoms with E-state index in [-0.39, 0.29) is 35.3 Å². The van der Waals surface area contributed by atoms with E-state index < -0.39 is 64.6 Å². The summed E-state index contributed by atoms with van der Waals surface area (Å²) in [5.41, 5.74) is -5.55. The lowest BCUT2D eigenvalue weighted by atomic mass is 9.44. The van der Waals surface area contributed by atoms with Gasteiger partial charge < -0.3 is 33.9 Å². The zero-order chi connectivity index (χ0) is 43.1. The molecule has 0 spiro atoms. The molecule has 16 heteroatoms. The molecule has 4 saturated carbocycles. The first-order valence-electron chi connectivity index (χ1n) is 19.7. The maximum absolute atomic E-state index is 14.0. The fourth-order valence-corrected chi connectivity index (χ4v) is 8.12. The second-order valence-electron chi connectivity index (χ2n) is 18.7. The van der Waals surface area contributed by atoms with Crippen molar-refractivity contribution in [2.24, 2.45) is 34.0 Å². The molecule has 6 unspecified atom stereocenters. The lowest BCUT2D eigenvalue weighted by Crippen LogP contribution is -2.63. The summed E-state index contributed by atoms with van der Waals surface area (Å²) in [5.74, 6) is -10.3. The highest BCUT2D eigenvalue weighted by Gasteiger charge is 2.83. The van der Waals surface area contributed by atoms with Gasteiger partial charge in [0.1, 0.15) is 5.60 Å². The van der Waals surface area contributed by atoms with Crippen molar-refractivity contribution < 1.29 is 75.0 Å². The number of carbonyl (C=O) groups is 4. The van der Waals surface area contributed by atoms with Crippen molar-refractivity contribution in [1.82, 2.24) is 0 Å². The number of alkyl halides is 5. The molecule has 0 aromatic carbocycles. The third kappa shape index (κ3) is 9.32. The molecule has 2 saturated heterocycles. The molecule has 11 nitrogen and oxygen atoms in total. The van der Waals surface area contributed by atoms with Crippen LogP contribution in [0, 0.1) is 34.0 Å². The van der Waals surface area contributed by atoms with Gasteiger partial charge >= 0.3 is 41.8 Å². The average molecular weight is 815 g/mol. The van der Waals surface area contributed by atoms with Crippen molar-refractivity contribution in [2.45, 2.75) is 181 Å². The van der Waals surface area contributed by atoms with Crippen LogP contribution < -0.4 is 0 Å². The van der Waals surface area contributed by atoms with Gasteiger partial charge in [-0.2, -0.15) is 22.0 Å². The zero-order valence-electron chi connectivity index (χ0n) is 34.8. The van der Waals surface area contributed by atoms with Crippen molar-refractivity contribution in [3.8, 4) is 0 Å². The molecule has 2 heterocycles. The Kier molecular flexibility index (Phi) is 13.8. The molecule has 4 aliphatic carbocycles. The Bertz CT molecular complexity index is 1440. The van der Waals surface area contributed by atoms with Crippen LogP contribution >= 0.6 is 0 Å².